The fourth-order valence-electron chi connectivity index (χ4n) is 2.78. The minimum Gasteiger partial charge on any atom is -0.494 e. The summed E-state index contributed by atoms with van der Waals surface area (Å²) >= 11 is 6.78. The lowest BCUT2D eigenvalue weighted by Crippen LogP contribution is -2.54. The summed E-state index contributed by atoms with van der Waals surface area (Å²) in [7, 11) is 1.54. The van der Waals surface area contributed by atoms with E-state index in [0.717, 1.165) is 16.0 Å². The van der Waals surface area contributed by atoms with Crippen LogP contribution in [0.15, 0.2) is 44.9 Å². The maximum Gasteiger partial charge on any atom is 0.335 e. The Labute approximate surface area is 178 Å². The third-order valence-corrected chi connectivity index (χ3v) is 5.56. The number of benzene rings is 2. The maximum absolute atomic E-state index is 13.0. The van der Waals surface area contributed by atoms with Gasteiger partial charge in [0.25, 0.3) is 11.8 Å². The number of rotatable bonds is 3. The molecule has 2 aromatic rings. The summed E-state index contributed by atoms with van der Waals surface area (Å²) in [4.78, 5) is 38.6. The second-order valence-electron chi connectivity index (χ2n) is 6.24. The lowest BCUT2D eigenvalue weighted by molar-refractivity contribution is -0.122. The highest BCUT2D eigenvalue weighted by atomic mass is 79.9. The summed E-state index contributed by atoms with van der Waals surface area (Å²) in [5.74, 6) is -0.827. The standard InChI is InChI=1S/C20H16Br2N2O4/c1-10-4-5-13(6-11(10)2)24-19(26)14(18(25)23-20(24)27)7-12-8-15(21)17(28-3)16(22)9-12/h4-9H,1-3H3,(H,23,25,27)/b14-7+. The molecular formula is C20H16Br2N2O4. The zero-order valence-corrected chi connectivity index (χ0v) is 18.5. The van der Waals surface area contributed by atoms with Gasteiger partial charge < -0.3 is 4.74 Å². The van der Waals surface area contributed by atoms with Gasteiger partial charge in [0.1, 0.15) is 11.3 Å². The van der Waals surface area contributed by atoms with Gasteiger partial charge in [0.15, 0.2) is 0 Å². The molecule has 0 spiro atoms. The van der Waals surface area contributed by atoms with Gasteiger partial charge in [0, 0.05) is 0 Å². The van der Waals surface area contributed by atoms with Gasteiger partial charge in [-0.3, -0.25) is 14.9 Å². The SMILES string of the molecule is COc1c(Br)cc(/C=C2\C(=O)NC(=O)N(c3ccc(C)c(C)c3)C2=O)cc1Br. The molecule has 3 rings (SSSR count). The molecule has 8 heteroatoms. The number of nitrogens with one attached hydrogen (secondary N) is 1. The number of halogens is 2. The molecule has 6 nitrogen and oxygen atoms in total. The fraction of sp³-hybridized carbons (Fsp3) is 0.150. The van der Waals surface area contributed by atoms with Crippen molar-refractivity contribution >= 4 is 61.5 Å². The van der Waals surface area contributed by atoms with E-state index in [-0.39, 0.29) is 5.57 Å². The van der Waals surface area contributed by atoms with Crippen LogP contribution in [-0.4, -0.2) is 25.0 Å². The van der Waals surface area contributed by atoms with E-state index in [1.54, 1.807) is 24.3 Å². The average Bonchev–Trinajstić information content (AvgIpc) is 2.61. The Morgan fingerprint density at radius 3 is 2.21 bits per heavy atom. The Morgan fingerprint density at radius 1 is 1.00 bits per heavy atom. The van der Waals surface area contributed by atoms with Crippen LogP contribution >= 0.6 is 31.9 Å². The van der Waals surface area contributed by atoms with E-state index < -0.39 is 17.8 Å². The zero-order chi connectivity index (χ0) is 20.6. The highest BCUT2D eigenvalue weighted by Crippen LogP contribution is 2.35. The fourth-order valence-corrected chi connectivity index (χ4v) is 4.33. The molecule has 4 amide bonds. The summed E-state index contributed by atoms with van der Waals surface area (Å²) in [5, 5.41) is 2.23. The van der Waals surface area contributed by atoms with E-state index in [1.807, 2.05) is 19.9 Å². The Hall–Kier alpha value is -2.45. The monoisotopic (exact) mass is 506 g/mol. The van der Waals surface area contributed by atoms with Crippen molar-refractivity contribution in [2.45, 2.75) is 13.8 Å². The predicted molar refractivity (Wildman–Crippen MR) is 113 cm³/mol. The maximum atomic E-state index is 13.0. The highest BCUT2D eigenvalue weighted by Gasteiger charge is 2.36. The predicted octanol–water partition coefficient (Wildman–Crippen LogP) is 4.50. The summed E-state index contributed by atoms with van der Waals surface area (Å²) in [6.07, 6.45) is 1.44. The number of hydrogen-bond donors (Lipinski definition) is 1. The number of ether oxygens (including phenoxy) is 1. The normalized spacial score (nSPS) is 15.8. The smallest absolute Gasteiger partial charge is 0.335 e. The molecule has 0 bridgehead atoms. The minimum absolute atomic E-state index is 0.137. The van der Waals surface area contributed by atoms with Crippen LogP contribution in [0.5, 0.6) is 5.75 Å². The number of urea groups is 1. The molecule has 144 valence electrons. The van der Waals surface area contributed by atoms with Gasteiger partial charge in [-0.2, -0.15) is 0 Å². The number of carbonyl (C=O) groups excluding carboxylic acids is 3. The summed E-state index contributed by atoms with van der Waals surface area (Å²) in [6, 6.07) is 7.90. The third kappa shape index (κ3) is 3.74. The quantitative estimate of drug-likeness (QED) is 0.490. The molecule has 0 saturated carbocycles. The van der Waals surface area contributed by atoms with Gasteiger partial charge in [0.2, 0.25) is 0 Å². The van der Waals surface area contributed by atoms with Gasteiger partial charge in [0.05, 0.1) is 21.7 Å². The first-order valence-corrected chi connectivity index (χ1v) is 9.83. The van der Waals surface area contributed by atoms with Crippen molar-refractivity contribution in [3.05, 3.63) is 61.5 Å². The number of barbiturate groups is 1. The number of nitrogens with zero attached hydrogens (tertiary/aromatic N) is 1. The molecule has 1 N–H and O–H groups in total. The van der Waals surface area contributed by atoms with Gasteiger partial charge in [-0.15, -0.1) is 0 Å². The minimum atomic E-state index is -0.771. The van der Waals surface area contributed by atoms with Crippen molar-refractivity contribution in [3.63, 3.8) is 0 Å². The van der Waals surface area contributed by atoms with Crippen LogP contribution in [0.3, 0.4) is 0 Å². The first-order chi connectivity index (χ1) is 13.2. The van der Waals surface area contributed by atoms with Crippen molar-refractivity contribution in [2.24, 2.45) is 0 Å². The van der Waals surface area contributed by atoms with E-state index >= 15 is 0 Å². The highest BCUT2D eigenvalue weighted by molar-refractivity contribution is 9.11. The van der Waals surface area contributed by atoms with Crippen molar-refractivity contribution in [3.8, 4) is 5.75 Å². The van der Waals surface area contributed by atoms with Gasteiger partial charge in [-0.25, -0.2) is 9.69 Å². The van der Waals surface area contributed by atoms with Gasteiger partial charge in [-0.1, -0.05) is 6.07 Å². The number of amides is 4. The first kappa shape index (κ1) is 20.3. The van der Waals surface area contributed by atoms with Crippen LogP contribution in [-0.2, 0) is 9.59 Å². The Balaban J connectivity index is 2.05. The molecule has 1 fully saturated rings. The van der Waals surface area contributed by atoms with Crippen LogP contribution in [0.25, 0.3) is 6.08 Å². The van der Waals surface area contributed by atoms with E-state index in [0.29, 0.717) is 25.9 Å². The van der Waals surface area contributed by atoms with E-state index in [4.69, 9.17) is 4.74 Å². The largest absolute Gasteiger partial charge is 0.494 e. The topological polar surface area (TPSA) is 75.7 Å². The van der Waals surface area contributed by atoms with Crippen molar-refractivity contribution in [1.82, 2.24) is 5.32 Å². The van der Waals surface area contributed by atoms with Crippen molar-refractivity contribution in [2.75, 3.05) is 12.0 Å². The number of anilines is 1. The molecule has 0 atom stereocenters. The average molecular weight is 508 g/mol. The molecular weight excluding hydrogens is 492 g/mol. The third-order valence-electron chi connectivity index (χ3n) is 4.39. The number of carbonyl (C=O) groups is 3. The molecule has 1 heterocycles. The number of imide groups is 2. The van der Waals surface area contributed by atoms with Crippen LogP contribution in [0.1, 0.15) is 16.7 Å². The van der Waals surface area contributed by atoms with E-state index in [2.05, 4.69) is 37.2 Å². The molecule has 1 aliphatic rings. The second-order valence-corrected chi connectivity index (χ2v) is 7.95. The number of aryl methyl sites for hydroxylation is 2. The van der Waals surface area contributed by atoms with Crippen LogP contribution in [0, 0.1) is 13.8 Å². The molecule has 0 radical (unpaired) electrons. The molecule has 1 aliphatic heterocycles. The molecule has 0 unspecified atom stereocenters. The second kappa shape index (κ2) is 7.89. The van der Waals surface area contributed by atoms with E-state index in [1.165, 1.54) is 13.2 Å². The molecule has 0 aromatic heterocycles. The van der Waals surface area contributed by atoms with Crippen LogP contribution in [0.4, 0.5) is 10.5 Å². The number of hydrogen-bond acceptors (Lipinski definition) is 4. The lowest BCUT2D eigenvalue weighted by atomic mass is 10.1. The molecule has 2 aromatic carbocycles. The van der Waals surface area contributed by atoms with Crippen LogP contribution < -0.4 is 15.0 Å². The molecule has 1 saturated heterocycles. The van der Waals surface area contributed by atoms with Crippen molar-refractivity contribution in [1.29, 1.82) is 0 Å². The van der Waals surface area contributed by atoms with Gasteiger partial charge in [-0.05, 0) is 92.7 Å². The summed E-state index contributed by atoms with van der Waals surface area (Å²) < 4.78 is 6.57. The first-order valence-electron chi connectivity index (χ1n) is 8.24. The summed E-state index contributed by atoms with van der Waals surface area (Å²) in [5.41, 5.74) is 2.83. The lowest BCUT2D eigenvalue weighted by Gasteiger charge is -2.27. The molecule has 0 aliphatic carbocycles. The Morgan fingerprint density at radius 2 is 1.64 bits per heavy atom. The van der Waals surface area contributed by atoms with E-state index in [9.17, 15) is 14.4 Å². The summed E-state index contributed by atoms with van der Waals surface area (Å²) in [6.45, 7) is 3.82. The Kier molecular flexibility index (Phi) is 5.71. The van der Waals surface area contributed by atoms with Gasteiger partial charge >= 0.3 is 6.03 Å². The van der Waals surface area contributed by atoms with Crippen LogP contribution in [0.2, 0.25) is 0 Å². The molecule has 28 heavy (non-hydrogen) atoms. The van der Waals surface area contributed by atoms with Crippen molar-refractivity contribution < 1.29 is 19.1 Å². The zero-order valence-electron chi connectivity index (χ0n) is 15.3. The Bertz CT molecular complexity index is 1020. The number of methoxy groups -OCH3 is 1.